The van der Waals surface area contributed by atoms with Crippen molar-refractivity contribution in [1.82, 2.24) is 5.32 Å². The van der Waals surface area contributed by atoms with Crippen molar-refractivity contribution < 1.29 is 14.6 Å². The summed E-state index contributed by atoms with van der Waals surface area (Å²) >= 11 is 0. The lowest BCUT2D eigenvalue weighted by Crippen LogP contribution is -2.43. The zero-order valence-corrected chi connectivity index (χ0v) is 11.5. The summed E-state index contributed by atoms with van der Waals surface area (Å²) in [5.41, 5.74) is -0.350. The number of ether oxygens (including phenoxy) is 1. The molecule has 2 N–H and O–H groups in total. The maximum atomic E-state index is 12.0. The summed E-state index contributed by atoms with van der Waals surface area (Å²) in [7, 11) is 0. The Hall–Kier alpha value is -0.610. The van der Waals surface area contributed by atoms with Crippen LogP contribution in [0.15, 0.2) is 0 Å². The van der Waals surface area contributed by atoms with Crippen LogP contribution < -0.4 is 5.32 Å². The quantitative estimate of drug-likeness (QED) is 0.779. The van der Waals surface area contributed by atoms with E-state index in [1.807, 2.05) is 0 Å². The van der Waals surface area contributed by atoms with E-state index >= 15 is 0 Å². The van der Waals surface area contributed by atoms with Crippen LogP contribution >= 0.6 is 0 Å². The molecule has 1 aliphatic carbocycles. The third kappa shape index (κ3) is 2.86. The molecule has 1 heterocycles. The van der Waals surface area contributed by atoms with Crippen molar-refractivity contribution in [3.05, 3.63) is 0 Å². The average Bonchev–Trinajstić information content (AvgIpc) is 3.18. The Kier molecular flexibility index (Phi) is 3.97. The number of rotatable bonds is 5. The first kappa shape index (κ1) is 13.8. The Balaban J connectivity index is 1.82. The van der Waals surface area contributed by atoms with Gasteiger partial charge in [-0.2, -0.15) is 0 Å². The van der Waals surface area contributed by atoms with E-state index in [2.05, 4.69) is 19.2 Å². The molecule has 0 aromatic carbocycles. The minimum Gasteiger partial charge on any atom is -0.395 e. The van der Waals surface area contributed by atoms with E-state index in [9.17, 15) is 9.90 Å². The third-order valence-electron chi connectivity index (χ3n) is 4.67. The molecule has 1 amide bonds. The Morgan fingerprint density at radius 2 is 2.00 bits per heavy atom. The summed E-state index contributed by atoms with van der Waals surface area (Å²) in [5, 5.41) is 12.3. The van der Waals surface area contributed by atoms with E-state index in [1.165, 1.54) is 0 Å². The lowest BCUT2D eigenvalue weighted by Gasteiger charge is -2.37. The van der Waals surface area contributed by atoms with E-state index in [4.69, 9.17) is 4.74 Å². The summed E-state index contributed by atoms with van der Waals surface area (Å²) < 4.78 is 5.38. The van der Waals surface area contributed by atoms with E-state index < -0.39 is 5.41 Å². The zero-order valence-electron chi connectivity index (χ0n) is 11.5. The molecule has 0 aromatic rings. The maximum Gasteiger partial charge on any atom is 0.228 e. The van der Waals surface area contributed by atoms with Gasteiger partial charge in [0.15, 0.2) is 0 Å². The third-order valence-corrected chi connectivity index (χ3v) is 4.67. The van der Waals surface area contributed by atoms with Gasteiger partial charge in [0, 0.05) is 19.8 Å². The number of amides is 1. The Bertz CT molecular complexity index is 304. The van der Waals surface area contributed by atoms with Crippen molar-refractivity contribution in [2.24, 2.45) is 16.7 Å². The number of carbonyl (C=O) groups is 1. The molecule has 0 aromatic heterocycles. The van der Waals surface area contributed by atoms with Gasteiger partial charge in [0.25, 0.3) is 0 Å². The molecule has 0 bridgehead atoms. The van der Waals surface area contributed by atoms with Gasteiger partial charge < -0.3 is 15.2 Å². The molecule has 1 saturated carbocycles. The first-order valence-corrected chi connectivity index (χ1v) is 6.97. The molecule has 0 atom stereocenters. The molecular weight excluding hydrogens is 230 g/mol. The summed E-state index contributed by atoms with van der Waals surface area (Å²) in [6.45, 7) is 6.77. The molecule has 1 aliphatic heterocycles. The van der Waals surface area contributed by atoms with Gasteiger partial charge in [-0.15, -0.1) is 0 Å². The van der Waals surface area contributed by atoms with E-state index in [-0.39, 0.29) is 17.9 Å². The summed E-state index contributed by atoms with van der Waals surface area (Å²) in [5.74, 6) is 0.640. The van der Waals surface area contributed by atoms with Crippen LogP contribution in [0, 0.1) is 16.7 Å². The maximum absolute atomic E-state index is 12.0. The molecule has 4 heteroatoms. The van der Waals surface area contributed by atoms with Crippen molar-refractivity contribution >= 4 is 5.91 Å². The SMILES string of the molecule is CC(C)(CNC(=O)C1(CO)CC1)C1CCOCC1. The lowest BCUT2D eigenvalue weighted by atomic mass is 9.74. The van der Waals surface area contributed by atoms with Gasteiger partial charge in [-0.1, -0.05) is 13.8 Å². The number of nitrogens with one attached hydrogen (secondary N) is 1. The lowest BCUT2D eigenvalue weighted by molar-refractivity contribution is -0.128. The van der Waals surface area contributed by atoms with E-state index in [0.29, 0.717) is 12.5 Å². The summed E-state index contributed by atoms with van der Waals surface area (Å²) in [6.07, 6.45) is 3.81. The van der Waals surface area contributed by atoms with Crippen LogP contribution in [0.2, 0.25) is 0 Å². The Labute approximate surface area is 109 Å². The van der Waals surface area contributed by atoms with Crippen molar-refractivity contribution in [2.45, 2.75) is 39.5 Å². The van der Waals surface area contributed by atoms with Crippen LogP contribution in [0.1, 0.15) is 39.5 Å². The van der Waals surface area contributed by atoms with Crippen molar-refractivity contribution in [2.75, 3.05) is 26.4 Å². The largest absolute Gasteiger partial charge is 0.395 e. The number of carbonyl (C=O) groups excluding carboxylic acids is 1. The van der Waals surface area contributed by atoms with Gasteiger partial charge in [0.1, 0.15) is 0 Å². The Morgan fingerprint density at radius 1 is 1.39 bits per heavy atom. The van der Waals surface area contributed by atoms with Crippen LogP contribution in [0.25, 0.3) is 0 Å². The predicted octanol–water partition coefficient (Wildman–Crippen LogP) is 1.33. The normalized spacial score (nSPS) is 23.7. The highest BCUT2D eigenvalue weighted by Crippen LogP contribution is 2.45. The molecule has 2 fully saturated rings. The molecule has 4 nitrogen and oxygen atoms in total. The van der Waals surface area contributed by atoms with Gasteiger partial charge in [-0.25, -0.2) is 0 Å². The number of hydrogen-bond acceptors (Lipinski definition) is 3. The fraction of sp³-hybridized carbons (Fsp3) is 0.929. The highest BCUT2D eigenvalue weighted by molar-refractivity contribution is 5.85. The first-order chi connectivity index (χ1) is 8.50. The van der Waals surface area contributed by atoms with E-state index in [0.717, 1.165) is 38.9 Å². The first-order valence-electron chi connectivity index (χ1n) is 6.97. The van der Waals surface area contributed by atoms with Gasteiger partial charge in [-0.05, 0) is 37.0 Å². The summed E-state index contributed by atoms with van der Waals surface area (Å²) in [4.78, 5) is 12.0. The molecule has 2 aliphatic rings. The Morgan fingerprint density at radius 3 is 2.50 bits per heavy atom. The minimum atomic E-state index is -0.453. The molecule has 18 heavy (non-hydrogen) atoms. The van der Waals surface area contributed by atoms with Crippen LogP contribution in [0.4, 0.5) is 0 Å². The molecule has 0 radical (unpaired) electrons. The molecule has 0 spiro atoms. The second-order valence-corrected chi connectivity index (χ2v) is 6.50. The van der Waals surface area contributed by atoms with Crippen LogP contribution in [-0.2, 0) is 9.53 Å². The van der Waals surface area contributed by atoms with Crippen LogP contribution in [-0.4, -0.2) is 37.4 Å². The van der Waals surface area contributed by atoms with Crippen molar-refractivity contribution in [3.63, 3.8) is 0 Å². The van der Waals surface area contributed by atoms with Crippen molar-refractivity contribution in [3.8, 4) is 0 Å². The molecule has 1 saturated heterocycles. The molecule has 0 unspecified atom stereocenters. The molecule has 2 rings (SSSR count). The van der Waals surface area contributed by atoms with Gasteiger partial charge >= 0.3 is 0 Å². The fourth-order valence-electron chi connectivity index (χ4n) is 2.73. The second-order valence-electron chi connectivity index (χ2n) is 6.50. The molecule has 104 valence electrons. The number of hydrogen-bond donors (Lipinski definition) is 2. The highest BCUT2D eigenvalue weighted by atomic mass is 16.5. The van der Waals surface area contributed by atoms with Crippen molar-refractivity contribution in [1.29, 1.82) is 0 Å². The smallest absolute Gasteiger partial charge is 0.228 e. The zero-order chi connectivity index (χ0) is 13.2. The monoisotopic (exact) mass is 255 g/mol. The van der Waals surface area contributed by atoms with Gasteiger partial charge in [-0.3, -0.25) is 4.79 Å². The number of aliphatic hydroxyl groups excluding tert-OH is 1. The van der Waals surface area contributed by atoms with Crippen LogP contribution in [0.3, 0.4) is 0 Å². The predicted molar refractivity (Wildman–Crippen MR) is 69.1 cm³/mol. The van der Waals surface area contributed by atoms with Gasteiger partial charge in [0.2, 0.25) is 5.91 Å². The van der Waals surface area contributed by atoms with Crippen LogP contribution in [0.5, 0.6) is 0 Å². The van der Waals surface area contributed by atoms with Gasteiger partial charge in [0.05, 0.1) is 12.0 Å². The summed E-state index contributed by atoms with van der Waals surface area (Å²) in [6, 6.07) is 0. The minimum absolute atomic E-state index is 0.0173. The van der Waals surface area contributed by atoms with E-state index in [1.54, 1.807) is 0 Å². The fourth-order valence-corrected chi connectivity index (χ4v) is 2.73. The average molecular weight is 255 g/mol. The molecular formula is C14H25NO3. The highest BCUT2D eigenvalue weighted by Gasteiger charge is 2.49. The number of aliphatic hydroxyl groups is 1. The topological polar surface area (TPSA) is 58.6 Å². The second kappa shape index (κ2) is 5.17. The standard InChI is InChI=1S/C14H25NO3/c1-13(2,11-3-7-18-8-4-11)9-15-12(17)14(10-16)5-6-14/h11,16H,3-10H2,1-2H3,(H,15,17).